The molecule has 0 saturated heterocycles. The van der Waals surface area contributed by atoms with Crippen molar-refractivity contribution in [3.8, 4) is 0 Å². The molecule has 0 aromatic carbocycles. The van der Waals surface area contributed by atoms with E-state index in [2.05, 4.69) is 17.2 Å². The number of alkyl halides is 1. The van der Waals surface area contributed by atoms with Crippen LogP contribution in [0.4, 0.5) is 0 Å². The number of hydrogen-bond donors (Lipinski definition) is 0. The molecule has 1 heterocycles. The Kier molecular flexibility index (Phi) is 5.24. The molecule has 0 unspecified atom stereocenters. The van der Waals surface area contributed by atoms with Crippen LogP contribution in [-0.4, -0.2) is 15.0 Å². The van der Waals surface area contributed by atoms with Crippen molar-refractivity contribution in [3.63, 3.8) is 0 Å². The summed E-state index contributed by atoms with van der Waals surface area (Å²) in [5.41, 5.74) is 0.989. The van der Waals surface area contributed by atoms with Gasteiger partial charge in [-0.2, -0.15) is 0 Å². The Balaban J connectivity index is 0.000001000. The molecule has 0 aliphatic heterocycles. The molecule has 5 heteroatoms. The molecule has 0 amide bonds. The first-order valence-corrected chi connectivity index (χ1v) is 3.85. The van der Waals surface area contributed by atoms with Crippen molar-refractivity contribution in [1.82, 2.24) is 15.0 Å². The van der Waals surface area contributed by atoms with Gasteiger partial charge in [-0.05, 0) is 6.42 Å². The number of hydrogen-bond acceptors (Lipinski definition) is 2. The second kappa shape index (κ2) is 5.38. The Morgan fingerprint density at radius 1 is 1.64 bits per heavy atom. The van der Waals surface area contributed by atoms with Crippen molar-refractivity contribution in [2.24, 2.45) is 0 Å². The third-order valence-electron chi connectivity index (χ3n) is 1.27. The second-order valence-corrected chi connectivity index (χ2v) is 2.35. The summed E-state index contributed by atoms with van der Waals surface area (Å²) in [7, 11) is 0. The zero-order valence-corrected chi connectivity index (χ0v) is 7.90. The minimum absolute atomic E-state index is 0. The van der Waals surface area contributed by atoms with Crippen LogP contribution in [0, 0.1) is 0 Å². The zero-order valence-electron chi connectivity index (χ0n) is 6.33. The second-order valence-electron chi connectivity index (χ2n) is 2.08. The molecule has 64 valence electrons. The van der Waals surface area contributed by atoms with E-state index in [1.165, 1.54) is 0 Å². The van der Waals surface area contributed by atoms with Crippen LogP contribution in [0.25, 0.3) is 0 Å². The topological polar surface area (TPSA) is 30.7 Å². The quantitative estimate of drug-likeness (QED) is 0.690. The average Bonchev–Trinajstić information content (AvgIpc) is 2.36. The predicted octanol–water partition coefficient (Wildman–Crippen LogP) is 1.85. The number of nitrogens with zero attached hydrogens (tertiary/aromatic N) is 3. The Bertz CT molecular complexity index is 199. The van der Waals surface area contributed by atoms with E-state index in [0.29, 0.717) is 5.88 Å². The van der Waals surface area contributed by atoms with Gasteiger partial charge in [0.15, 0.2) is 0 Å². The van der Waals surface area contributed by atoms with Gasteiger partial charge in [-0.1, -0.05) is 12.1 Å². The van der Waals surface area contributed by atoms with Crippen LogP contribution in [-0.2, 0) is 12.4 Å². The molecule has 3 nitrogen and oxygen atoms in total. The summed E-state index contributed by atoms with van der Waals surface area (Å²) in [6.45, 7) is 3.00. The fourth-order valence-electron chi connectivity index (χ4n) is 0.783. The van der Waals surface area contributed by atoms with Crippen LogP contribution in [0.5, 0.6) is 0 Å². The van der Waals surface area contributed by atoms with E-state index < -0.39 is 0 Å². The molecule has 1 aromatic heterocycles. The maximum Gasteiger partial charge on any atom is 0.0737 e. The van der Waals surface area contributed by atoms with Crippen molar-refractivity contribution in [2.45, 2.75) is 25.8 Å². The molecule has 0 saturated carbocycles. The summed E-state index contributed by atoms with van der Waals surface area (Å²) in [5, 5.41) is 7.60. The molecule has 0 radical (unpaired) electrons. The highest BCUT2D eigenvalue weighted by Gasteiger charge is 1.98. The standard InChI is InChI=1S/C6H10ClN3.ClH/c1-2-3-10-6(4-7)5-8-9-10;/h5H,2-4H2,1H3;1H. The van der Waals surface area contributed by atoms with Gasteiger partial charge in [0.25, 0.3) is 0 Å². The third-order valence-corrected chi connectivity index (χ3v) is 1.54. The minimum Gasteiger partial charge on any atom is -0.248 e. The average molecular weight is 196 g/mol. The lowest BCUT2D eigenvalue weighted by Gasteiger charge is -1.98. The maximum absolute atomic E-state index is 5.61. The molecule has 1 aromatic rings. The van der Waals surface area contributed by atoms with E-state index in [1.54, 1.807) is 6.20 Å². The first-order chi connectivity index (χ1) is 4.88. The van der Waals surface area contributed by atoms with Gasteiger partial charge in [-0.15, -0.1) is 29.1 Å². The van der Waals surface area contributed by atoms with Gasteiger partial charge in [0.2, 0.25) is 0 Å². The first kappa shape index (κ1) is 10.7. The maximum atomic E-state index is 5.61. The van der Waals surface area contributed by atoms with Crippen molar-refractivity contribution in [3.05, 3.63) is 11.9 Å². The monoisotopic (exact) mass is 195 g/mol. The Labute approximate surface area is 77.1 Å². The lowest BCUT2D eigenvalue weighted by molar-refractivity contribution is 0.564. The fraction of sp³-hybridized carbons (Fsp3) is 0.667. The van der Waals surface area contributed by atoms with Gasteiger partial charge in [-0.25, -0.2) is 4.68 Å². The highest BCUT2D eigenvalue weighted by molar-refractivity contribution is 6.16. The molecule has 0 spiro atoms. The molecule has 0 aliphatic carbocycles. The van der Waals surface area contributed by atoms with E-state index in [0.717, 1.165) is 18.7 Å². The van der Waals surface area contributed by atoms with Crippen molar-refractivity contribution in [1.29, 1.82) is 0 Å². The molecule has 0 aliphatic rings. The summed E-state index contributed by atoms with van der Waals surface area (Å²) < 4.78 is 1.83. The van der Waals surface area contributed by atoms with Gasteiger partial charge in [0.05, 0.1) is 17.8 Å². The van der Waals surface area contributed by atoms with Crippen LogP contribution in [0.1, 0.15) is 19.0 Å². The summed E-state index contributed by atoms with van der Waals surface area (Å²) in [4.78, 5) is 0. The molecule has 11 heavy (non-hydrogen) atoms. The van der Waals surface area contributed by atoms with Gasteiger partial charge < -0.3 is 0 Å². The number of halogens is 2. The van der Waals surface area contributed by atoms with Crippen LogP contribution in [0.15, 0.2) is 6.20 Å². The summed E-state index contributed by atoms with van der Waals surface area (Å²) in [6, 6.07) is 0. The van der Waals surface area contributed by atoms with Crippen molar-refractivity contribution >= 4 is 24.0 Å². The van der Waals surface area contributed by atoms with Crippen molar-refractivity contribution in [2.75, 3.05) is 0 Å². The third kappa shape index (κ3) is 2.67. The molecule has 0 bridgehead atoms. The molecular weight excluding hydrogens is 185 g/mol. The van der Waals surface area contributed by atoms with Gasteiger partial charge >= 0.3 is 0 Å². The molecule has 0 atom stereocenters. The van der Waals surface area contributed by atoms with Gasteiger partial charge in [0, 0.05) is 6.54 Å². The smallest absolute Gasteiger partial charge is 0.0737 e. The van der Waals surface area contributed by atoms with Gasteiger partial charge in [-0.3, -0.25) is 0 Å². The van der Waals surface area contributed by atoms with Crippen molar-refractivity contribution < 1.29 is 0 Å². The summed E-state index contributed by atoms with van der Waals surface area (Å²) in [6.07, 6.45) is 2.76. The van der Waals surface area contributed by atoms with Crippen LogP contribution in [0.3, 0.4) is 0 Å². The summed E-state index contributed by atoms with van der Waals surface area (Å²) >= 11 is 5.61. The van der Waals surface area contributed by atoms with Crippen LogP contribution < -0.4 is 0 Å². The number of aryl methyl sites for hydroxylation is 1. The number of aromatic nitrogens is 3. The zero-order chi connectivity index (χ0) is 7.40. The minimum atomic E-state index is 0. The predicted molar refractivity (Wildman–Crippen MR) is 47.1 cm³/mol. The SMILES string of the molecule is CCCn1nncc1CCl.Cl. The molecule has 0 fully saturated rings. The van der Waals surface area contributed by atoms with Gasteiger partial charge in [0.1, 0.15) is 0 Å². The van der Waals surface area contributed by atoms with E-state index >= 15 is 0 Å². The normalized spacial score (nSPS) is 9.27. The lowest BCUT2D eigenvalue weighted by atomic mass is 10.4. The number of rotatable bonds is 3. The first-order valence-electron chi connectivity index (χ1n) is 3.31. The van der Waals surface area contributed by atoms with Crippen LogP contribution >= 0.6 is 24.0 Å². The van der Waals surface area contributed by atoms with Crippen LogP contribution in [0.2, 0.25) is 0 Å². The van der Waals surface area contributed by atoms with E-state index in [1.807, 2.05) is 4.68 Å². The molecular formula is C6H11Cl2N3. The summed E-state index contributed by atoms with van der Waals surface area (Å²) in [5.74, 6) is 0.493. The fourth-order valence-corrected chi connectivity index (χ4v) is 0.989. The van der Waals surface area contributed by atoms with E-state index in [4.69, 9.17) is 11.6 Å². The van der Waals surface area contributed by atoms with E-state index in [-0.39, 0.29) is 12.4 Å². The Morgan fingerprint density at radius 2 is 2.36 bits per heavy atom. The highest BCUT2D eigenvalue weighted by Crippen LogP contribution is 2.00. The Morgan fingerprint density at radius 3 is 2.91 bits per heavy atom. The Hall–Kier alpha value is -0.280. The molecule has 1 rings (SSSR count). The van der Waals surface area contributed by atoms with E-state index in [9.17, 15) is 0 Å². The largest absolute Gasteiger partial charge is 0.248 e. The highest BCUT2D eigenvalue weighted by atomic mass is 35.5. The lowest BCUT2D eigenvalue weighted by Crippen LogP contribution is -2.02. The molecule has 0 N–H and O–H groups in total.